The van der Waals surface area contributed by atoms with Gasteiger partial charge in [-0.3, -0.25) is 11.1 Å². The Morgan fingerprint density at radius 2 is 1.42 bits per heavy atom. The molecular weight excluding hydrogens is 959 g/mol. The van der Waals surface area contributed by atoms with Crippen LogP contribution in [0, 0.1) is 49.5 Å². The molecule has 7 rings (SSSR count). The fourth-order valence-corrected chi connectivity index (χ4v) is 4.47. The first-order valence-electron chi connectivity index (χ1n) is 14.6. The van der Waals surface area contributed by atoms with Crippen molar-refractivity contribution < 1.29 is 51.6 Å². The first kappa shape index (κ1) is 36.0. The summed E-state index contributed by atoms with van der Waals surface area (Å²) >= 11 is 0. The standard InChI is InChI=1S/C34H23N3O2.C6H4N.2Pt/c1-2-36-19-20-37(25-36)29-11-8-16-33(24-29)39-32-15-7-10-28(22-32)34-23-27(17-18-35-34)26-9-6-14-31(21-26)38-30-12-4-3-5-13-30;1-2-7-5-3-4-6-7;;/h3-12,14-16,18-20,23,25H,2H2,1H3;3-6H;;/q-6;-1;;+4. The average Bonchev–Trinajstić information content (AvgIpc) is 3.83. The molecule has 8 heteroatoms. The SMILES string of the molecule is CCN1C=CN(c2[c-]c(Oc3[c-]c(-c4cc(-c5[c-]c(Oc6[c-]cccc6)ccc5)[c-]cn4)ccc3)ccc2)[CH-]1.[C-]#Cn1cccc1.[Pt+4].[Pt]. The summed E-state index contributed by atoms with van der Waals surface area (Å²) in [6.07, 6.45) is 15.8. The Morgan fingerprint density at radius 1 is 0.750 bits per heavy atom. The van der Waals surface area contributed by atoms with Gasteiger partial charge in [0.1, 0.15) is 0 Å². The Hall–Kier alpha value is -4.81. The van der Waals surface area contributed by atoms with Gasteiger partial charge in [-0.15, -0.1) is 65.8 Å². The van der Waals surface area contributed by atoms with Gasteiger partial charge in [-0.25, -0.2) is 24.2 Å². The molecule has 2 aromatic heterocycles. The van der Waals surface area contributed by atoms with E-state index in [9.17, 15) is 0 Å². The molecule has 48 heavy (non-hydrogen) atoms. The Kier molecular flexibility index (Phi) is 13.5. The van der Waals surface area contributed by atoms with Crippen molar-refractivity contribution in [3.05, 3.63) is 171 Å². The van der Waals surface area contributed by atoms with Crippen LogP contribution in [0.2, 0.25) is 0 Å². The molecule has 0 fully saturated rings. The van der Waals surface area contributed by atoms with Gasteiger partial charge in [0.25, 0.3) is 0 Å². The average molecular weight is 986 g/mol. The zero-order valence-electron chi connectivity index (χ0n) is 25.6. The summed E-state index contributed by atoms with van der Waals surface area (Å²) in [6, 6.07) is 48.9. The minimum Gasteiger partial charge on any atom is -0.669 e. The number of para-hydroxylation sites is 1. The number of aromatic nitrogens is 2. The number of hydrogen-bond donors (Lipinski definition) is 0. The maximum Gasteiger partial charge on any atom is 4.00 e. The predicted molar refractivity (Wildman–Crippen MR) is 178 cm³/mol. The normalized spacial score (nSPS) is 11.3. The molecule has 1 aliphatic rings. The minimum absolute atomic E-state index is 0. The van der Waals surface area contributed by atoms with E-state index in [-0.39, 0.29) is 42.1 Å². The number of hydrogen-bond acceptors (Lipinski definition) is 5. The Morgan fingerprint density at radius 3 is 2.08 bits per heavy atom. The van der Waals surface area contributed by atoms with E-state index in [4.69, 9.17) is 15.9 Å². The fourth-order valence-electron chi connectivity index (χ4n) is 4.47. The van der Waals surface area contributed by atoms with Crippen molar-refractivity contribution >= 4 is 5.69 Å². The van der Waals surface area contributed by atoms with E-state index in [1.807, 2.05) is 121 Å². The smallest absolute Gasteiger partial charge is 0.669 e. The molecule has 0 radical (unpaired) electrons. The molecule has 0 aliphatic carbocycles. The molecule has 0 N–H and O–H groups in total. The molecule has 4 aromatic carbocycles. The molecule has 0 unspecified atom stereocenters. The number of rotatable bonds is 8. The van der Waals surface area contributed by atoms with Gasteiger partial charge in [-0.2, -0.15) is 43.1 Å². The largest absolute Gasteiger partial charge is 4.00 e. The number of pyridine rings is 1. The zero-order valence-corrected chi connectivity index (χ0v) is 30.2. The summed E-state index contributed by atoms with van der Waals surface area (Å²) in [5.74, 6) is 2.42. The molecule has 0 saturated heterocycles. The van der Waals surface area contributed by atoms with E-state index in [0.717, 1.165) is 34.6 Å². The minimum atomic E-state index is 0. The Bertz CT molecular complexity index is 1960. The summed E-state index contributed by atoms with van der Waals surface area (Å²) < 4.78 is 13.6. The Labute approximate surface area is 311 Å². The van der Waals surface area contributed by atoms with Crippen LogP contribution in [0.5, 0.6) is 23.0 Å². The monoisotopic (exact) mass is 985 g/mol. The van der Waals surface area contributed by atoms with Crippen molar-refractivity contribution in [2.45, 2.75) is 6.92 Å². The summed E-state index contributed by atoms with van der Waals surface area (Å²) in [4.78, 5) is 8.64. The van der Waals surface area contributed by atoms with Crippen molar-refractivity contribution in [3.8, 4) is 51.4 Å². The van der Waals surface area contributed by atoms with Gasteiger partial charge in [0.05, 0.1) is 0 Å². The maximum atomic E-state index is 6.57. The molecular formula is C40H27N4O2Pt2-3. The van der Waals surface area contributed by atoms with Crippen LogP contribution in [0.25, 0.3) is 22.4 Å². The first-order chi connectivity index (χ1) is 22.7. The van der Waals surface area contributed by atoms with Crippen LogP contribution in [-0.2, 0) is 42.1 Å². The molecule has 6 aromatic rings. The van der Waals surface area contributed by atoms with E-state index in [1.54, 1.807) is 23.2 Å². The predicted octanol–water partition coefficient (Wildman–Crippen LogP) is 8.61. The van der Waals surface area contributed by atoms with Crippen LogP contribution >= 0.6 is 0 Å². The van der Waals surface area contributed by atoms with E-state index in [0.29, 0.717) is 23.0 Å². The number of benzene rings is 4. The van der Waals surface area contributed by atoms with Crippen molar-refractivity contribution in [3.63, 3.8) is 0 Å². The first-order valence-corrected chi connectivity index (χ1v) is 14.6. The third kappa shape index (κ3) is 9.61. The summed E-state index contributed by atoms with van der Waals surface area (Å²) in [5.41, 5.74) is 4.15. The number of ether oxygens (including phenoxy) is 2. The van der Waals surface area contributed by atoms with Gasteiger partial charge in [-0.05, 0) is 31.1 Å². The third-order valence-corrected chi connectivity index (χ3v) is 6.75. The summed E-state index contributed by atoms with van der Waals surface area (Å²) in [6.45, 7) is 5.03. The van der Waals surface area contributed by atoms with Crippen LogP contribution in [0.4, 0.5) is 5.69 Å². The molecule has 0 spiro atoms. The molecule has 242 valence electrons. The van der Waals surface area contributed by atoms with Crippen LogP contribution in [-0.4, -0.2) is 21.0 Å². The van der Waals surface area contributed by atoms with Crippen molar-refractivity contribution in [1.29, 1.82) is 0 Å². The Balaban J connectivity index is 0.000000516. The van der Waals surface area contributed by atoms with Crippen LogP contribution in [0.15, 0.2) is 128 Å². The molecule has 0 bridgehead atoms. The van der Waals surface area contributed by atoms with Crippen LogP contribution in [0.3, 0.4) is 0 Å². The number of nitrogens with zero attached hydrogens (tertiary/aromatic N) is 4. The fraction of sp³-hybridized carbons (Fsp3) is 0.0500. The summed E-state index contributed by atoms with van der Waals surface area (Å²) in [7, 11) is 0. The van der Waals surface area contributed by atoms with Crippen molar-refractivity contribution in [2.75, 3.05) is 11.4 Å². The molecule has 0 amide bonds. The molecule has 3 heterocycles. The van der Waals surface area contributed by atoms with Crippen molar-refractivity contribution in [1.82, 2.24) is 14.5 Å². The summed E-state index contributed by atoms with van der Waals surface area (Å²) in [5, 5.41) is 0. The van der Waals surface area contributed by atoms with Crippen molar-refractivity contribution in [2.24, 2.45) is 0 Å². The van der Waals surface area contributed by atoms with E-state index in [1.165, 1.54) is 0 Å². The van der Waals surface area contributed by atoms with Crippen LogP contribution < -0.4 is 14.4 Å². The van der Waals surface area contributed by atoms with Gasteiger partial charge in [0.15, 0.2) is 0 Å². The van der Waals surface area contributed by atoms with Crippen LogP contribution in [0.1, 0.15) is 6.92 Å². The van der Waals surface area contributed by atoms with E-state index < -0.39 is 0 Å². The second-order valence-corrected chi connectivity index (χ2v) is 9.89. The molecule has 0 saturated carbocycles. The molecule has 6 nitrogen and oxygen atoms in total. The second kappa shape index (κ2) is 17.9. The van der Waals surface area contributed by atoms with Gasteiger partial charge in [0.2, 0.25) is 0 Å². The number of anilines is 1. The second-order valence-electron chi connectivity index (χ2n) is 9.89. The third-order valence-electron chi connectivity index (χ3n) is 6.75. The van der Waals surface area contributed by atoms with E-state index in [2.05, 4.69) is 53.2 Å². The van der Waals surface area contributed by atoms with E-state index >= 15 is 0 Å². The maximum absolute atomic E-state index is 6.57. The van der Waals surface area contributed by atoms with Gasteiger partial charge in [-0.1, -0.05) is 24.9 Å². The zero-order chi connectivity index (χ0) is 31.6. The van der Waals surface area contributed by atoms with Gasteiger partial charge in [0, 0.05) is 56.5 Å². The molecule has 1 aliphatic heterocycles. The molecule has 0 atom stereocenters. The van der Waals surface area contributed by atoms with Gasteiger partial charge < -0.3 is 35.2 Å². The topological polar surface area (TPSA) is 42.8 Å². The van der Waals surface area contributed by atoms with Gasteiger partial charge >= 0.3 is 21.1 Å². The quantitative estimate of drug-likeness (QED) is 0.113.